The molecule has 6 heteroatoms. The van der Waals surface area contributed by atoms with Crippen molar-refractivity contribution in [2.45, 2.75) is 38.3 Å². The Hall–Kier alpha value is -1.40. The number of carbonyl (C=O) groups excluding carboxylic acids is 1. The van der Waals surface area contributed by atoms with Crippen molar-refractivity contribution in [3.63, 3.8) is 0 Å². The Morgan fingerprint density at radius 1 is 1.17 bits per heavy atom. The van der Waals surface area contributed by atoms with Gasteiger partial charge >= 0.3 is 0 Å². The minimum atomic E-state index is -3.17. The van der Waals surface area contributed by atoms with Gasteiger partial charge in [-0.1, -0.05) is 26.0 Å². The fourth-order valence-electron chi connectivity index (χ4n) is 2.89. The summed E-state index contributed by atoms with van der Waals surface area (Å²) >= 11 is 0. The first-order valence-corrected chi connectivity index (χ1v) is 9.89. The van der Waals surface area contributed by atoms with E-state index >= 15 is 0 Å². The third-order valence-corrected chi connectivity index (χ3v) is 5.33. The van der Waals surface area contributed by atoms with Gasteiger partial charge in [0.15, 0.2) is 9.84 Å². The molecule has 1 fully saturated rings. The number of benzene rings is 1. The summed E-state index contributed by atoms with van der Waals surface area (Å²) in [6, 6.07) is 6.78. The lowest BCUT2D eigenvalue weighted by Crippen LogP contribution is -2.56. The maximum atomic E-state index is 12.5. The molecule has 0 aliphatic carbocycles. The van der Waals surface area contributed by atoms with Crippen LogP contribution >= 0.6 is 0 Å². The molecule has 23 heavy (non-hydrogen) atoms. The van der Waals surface area contributed by atoms with Gasteiger partial charge in [-0.05, 0) is 30.5 Å². The Morgan fingerprint density at radius 2 is 1.78 bits per heavy atom. The average Bonchev–Trinajstić information content (AvgIpc) is 2.46. The van der Waals surface area contributed by atoms with Crippen LogP contribution in [-0.4, -0.2) is 56.1 Å². The Kier molecular flexibility index (Phi) is 5.47. The lowest BCUT2D eigenvalue weighted by Gasteiger charge is -2.39. The highest BCUT2D eigenvalue weighted by atomic mass is 32.2. The van der Waals surface area contributed by atoms with Crippen LogP contribution < -0.4 is 0 Å². The molecular formula is C17H26N2O3S. The van der Waals surface area contributed by atoms with Crippen LogP contribution in [0.15, 0.2) is 29.2 Å². The summed E-state index contributed by atoms with van der Waals surface area (Å²) in [5, 5.41) is 0. The van der Waals surface area contributed by atoms with E-state index in [0.29, 0.717) is 17.4 Å². The zero-order valence-corrected chi connectivity index (χ0v) is 15.1. The summed E-state index contributed by atoms with van der Waals surface area (Å²) in [4.78, 5) is 16.9. The molecule has 0 N–H and O–H groups in total. The quantitative estimate of drug-likeness (QED) is 0.821. The van der Waals surface area contributed by atoms with Crippen LogP contribution in [0.25, 0.3) is 0 Å². The van der Waals surface area contributed by atoms with Crippen LogP contribution in [0.3, 0.4) is 0 Å². The van der Waals surface area contributed by atoms with Crippen LogP contribution in [0, 0.1) is 5.92 Å². The SMILES string of the molecule is CC(C)CN1CCN(Cc2ccc(S(C)(=O)=O)cc2)[C@@H](C)C1=O. The van der Waals surface area contributed by atoms with Crippen molar-refractivity contribution in [2.75, 3.05) is 25.9 Å². The molecular weight excluding hydrogens is 312 g/mol. The van der Waals surface area contributed by atoms with Gasteiger partial charge < -0.3 is 4.90 Å². The standard InChI is InChI=1S/C17H26N2O3S/c1-13(2)11-19-10-9-18(14(3)17(19)20)12-15-5-7-16(8-6-15)23(4,21)22/h5-8,13-14H,9-12H2,1-4H3/t14-/m0/s1. The molecule has 1 aliphatic heterocycles. The van der Waals surface area contributed by atoms with Gasteiger partial charge in [-0.3, -0.25) is 9.69 Å². The Labute approximate surface area is 139 Å². The molecule has 0 radical (unpaired) electrons. The monoisotopic (exact) mass is 338 g/mol. The molecule has 1 amide bonds. The minimum absolute atomic E-state index is 0.142. The van der Waals surface area contributed by atoms with Gasteiger partial charge in [-0.25, -0.2) is 8.42 Å². The predicted molar refractivity (Wildman–Crippen MR) is 90.8 cm³/mol. The topological polar surface area (TPSA) is 57.7 Å². The van der Waals surface area contributed by atoms with Gasteiger partial charge in [-0.15, -0.1) is 0 Å². The highest BCUT2D eigenvalue weighted by molar-refractivity contribution is 7.90. The summed E-state index contributed by atoms with van der Waals surface area (Å²) < 4.78 is 23.0. The van der Waals surface area contributed by atoms with E-state index in [0.717, 1.165) is 25.2 Å². The van der Waals surface area contributed by atoms with Crippen molar-refractivity contribution >= 4 is 15.7 Å². The summed E-state index contributed by atoms with van der Waals surface area (Å²) in [7, 11) is -3.17. The normalized spacial score (nSPS) is 20.3. The average molecular weight is 338 g/mol. The van der Waals surface area contributed by atoms with Crippen LogP contribution in [0.4, 0.5) is 0 Å². The number of rotatable bonds is 5. The molecule has 1 aliphatic rings. The van der Waals surface area contributed by atoms with E-state index < -0.39 is 9.84 Å². The van der Waals surface area contributed by atoms with Crippen molar-refractivity contribution in [3.05, 3.63) is 29.8 Å². The largest absolute Gasteiger partial charge is 0.340 e. The molecule has 0 aromatic heterocycles. The highest BCUT2D eigenvalue weighted by Crippen LogP contribution is 2.17. The maximum Gasteiger partial charge on any atom is 0.239 e. The first-order chi connectivity index (χ1) is 10.7. The van der Waals surface area contributed by atoms with Crippen molar-refractivity contribution < 1.29 is 13.2 Å². The molecule has 1 aromatic rings. The van der Waals surface area contributed by atoms with Crippen LogP contribution in [-0.2, 0) is 21.2 Å². The second-order valence-electron chi connectivity index (χ2n) is 6.74. The van der Waals surface area contributed by atoms with Crippen molar-refractivity contribution in [2.24, 2.45) is 5.92 Å². The van der Waals surface area contributed by atoms with Gasteiger partial charge in [0, 0.05) is 32.4 Å². The Balaban J connectivity index is 2.03. The number of sulfone groups is 1. The third-order valence-electron chi connectivity index (χ3n) is 4.20. The Bertz CT molecular complexity index is 653. The second-order valence-corrected chi connectivity index (χ2v) is 8.76. The third kappa shape index (κ3) is 4.54. The molecule has 128 valence electrons. The minimum Gasteiger partial charge on any atom is -0.340 e. The number of carbonyl (C=O) groups is 1. The van der Waals surface area contributed by atoms with E-state index in [1.54, 1.807) is 12.1 Å². The van der Waals surface area contributed by atoms with E-state index in [-0.39, 0.29) is 11.9 Å². The van der Waals surface area contributed by atoms with Crippen LogP contribution in [0.1, 0.15) is 26.3 Å². The van der Waals surface area contributed by atoms with E-state index in [1.807, 2.05) is 24.0 Å². The molecule has 1 atom stereocenters. The highest BCUT2D eigenvalue weighted by Gasteiger charge is 2.31. The van der Waals surface area contributed by atoms with Crippen molar-refractivity contribution in [1.29, 1.82) is 0 Å². The predicted octanol–water partition coefficient (Wildman–Crippen LogP) is 1.78. The van der Waals surface area contributed by atoms with Gasteiger partial charge in [0.05, 0.1) is 10.9 Å². The number of hydrogen-bond acceptors (Lipinski definition) is 4. The first kappa shape index (κ1) is 17.9. The summed E-state index contributed by atoms with van der Waals surface area (Å²) in [6.45, 7) is 9.24. The smallest absolute Gasteiger partial charge is 0.239 e. The molecule has 1 heterocycles. The molecule has 1 aromatic carbocycles. The molecule has 5 nitrogen and oxygen atoms in total. The zero-order valence-electron chi connectivity index (χ0n) is 14.3. The van der Waals surface area contributed by atoms with Gasteiger partial charge in [0.25, 0.3) is 0 Å². The fourth-order valence-corrected chi connectivity index (χ4v) is 3.52. The molecule has 0 bridgehead atoms. The van der Waals surface area contributed by atoms with Gasteiger partial charge in [0.1, 0.15) is 0 Å². The summed E-state index contributed by atoms with van der Waals surface area (Å²) in [5.41, 5.74) is 1.02. The lowest BCUT2D eigenvalue weighted by atomic mass is 10.1. The maximum absolute atomic E-state index is 12.5. The second kappa shape index (κ2) is 7.01. The van der Waals surface area contributed by atoms with E-state index in [9.17, 15) is 13.2 Å². The van der Waals surface area contributed by atoms with E-state index in [2.05, 4.69) is 18.7 Å². The van der Waals surface area contributed by atoms with Crippen molar-refractivity contribution in [1.82, 2.24) is 9.80 Å². The molecule has 2 rings (SSSR count). The van der Waals surface area contributed by atoms with E-state index in [1.165, 1.54) is 6.26 Å². The summed E-state index contributed by atoms with van der Waals surface area (Å²) in [6.07, 6.45) is 1.21. The van der Waals surface area contributed by atoms with E-state index in [4.69, 9.17) is 0 Å². The number of nitrogens with zero attached hydrogens (tertiary/aromatic N) is 2. The number of hydrogen-bond donors (Lipinski definition) is 0. The van der Waals surface area contributed by atoms with Crippen LogP contribution in [0.5, 0.6) is 0 Å². The zero-order chi connectivity index (χ0) is 17.2. The van der Waals surface area contributed by atoms with Gasteiger partial charge in [0.2, 0.25) is 5.91 Å². The summed E-state index contributed by atoms with van der Waals surface area (Å²) in [5.74, 6) is 0.652. The van der Waals surface area contributed by atoms with Crippen molar-refractivity contribution in [3.8, 4) is 0 Å². The lowest BCUT2D eigenvalue weighted by molar-refractivity contribution is -0.141. The first-order valence-electron chi connectivity index (χ1n) is 8.00. The van der Waals surface area contributed by atoms with Gasteiger partial charge in [-0.2, -0.15) is 0 Å². The molecule has 0 spiro atoms. The molecule has 0 unspecified atom stereocenters. The fraction of sp³-hybridized carbons (Fsp3) is 0.588. The number of amides is 1. The molecule has 0 saturated carbocycles. The van der Waals surface area contributed by atoms with Crippen LogP contribution in [0.2, 0.25) is 0 Å². The Morgan fingerprint density at radius 3 is 2.30 bits per heavy atom. The number of piperazine rings is 1. The molecule has 1 saturated heterocycles.